The molecule has 0 spiro atoms. The number of nitrogens with zero attached hydrogens (tertiary/aromatic N) is 1. The number of aromatic nitrogens is 1. The molecule has 1 aromatic heterocycles. The van der Waals surface area contributed by atoms with Gasteiger partial charge >= 0.3 is 5.97 Å². The van der Waals surface area contributed by atoms with Gasteiger partial charge in [-0.15, -0.1) is 0 Å². The first-order valence-corrected chi connectivity index (χ1v) is 5.07. The van der Waals surface area contributed by atoms with E-state index in [0.29, 0.717) is 11.3 Å². The fourth-order valence-electron chi connectivity index (χ4n) is 1.56. The van der Waals surface area contributed by atoms with Crippen molar-refractivity contribution >= 4 is 5.97 Å². The van der Waals surface area contributed by atoms with Gasteiger partial charge in [0.25, 0.3) is 0 Å². The van der Waals surface area contributed by atoms with Crippen molar-refractivity contribution < 1.29 is 23.6 Å². The van der Waals surface area contributed by atoms with Crippen LogP contribution in [0.2, 0.25) is 0 Å². The summed E-state index contributed by atoms with van der Waals surface area (Å²) in [7, 11) is 1.47. The molecule has 1 N–H and O–H groups in total. The number of ether oxygens (including phenoxy) is 1. The number of halogens is 1. The molecule has 1 heterocycles. The average Bonchev–Trinajstić information content (AvgIpc) is 2.78. The summed E-state index contributed by atoms with van der Waals surface area (Å²) in [5.74, 6) is -1.23. The van der Waals surface area contributed by atoms with E-state index in [-0.39, 0.29) is 17.0 Å². The molecule has 1 aromatic carbocycles. The minimum atomic E-state index is -1.23. The number of carbonyl (C=O) groups is 1. The first-order chi connectivity index (χ1) is 8.52. The number of carboxylic acid groups (broad SMARTS) is 1. The molecule has 0 bridgehead atoms. The van der Waals surface area contributed by atoms with Crippen LogP contribution in [0.4, 0.5) is 4.39 Å². The van der Waals surface area contributed by atoms with Gasteiger partial charge in [0, 0.05) is 6.07 Å². The SMILES string of the molecule is COc1cc(-c2cc(C(=O)O)no2)c(F)cc1C. The summed E-state index contributed by atoms with van der Waals surface area (Å²) in [4.78, 5) is 10.7. The number of benzene rings is 1. The van der Waals surface area contributed by atoms with Crippen LogP contribution in [0.5, 0.6) is 5.75 Å². The summed E-state index contributed by atoms with van der Waals surface area (Å²) in [5, 5.41) is 12.0. The van der Waals surface area contributed by atoms with Gasteiger partial charge in [0.15, 0.2) is 11.5 Å². The van der Waals surface area contributed by atoms with Crippen molar-refractivity contribution in [3.8, 4) is 17.1 Å². The molecular formula is C12H10FNO4. The Bertz CT molecular complexity index is 606. The smallest absolute Gasteiger partial charge is 0.358 e. The lowest BCUT2D eigenvalue weighted by molar-refractivity contribution is 0.0686. The van der Waals surface area contributed by atoms with Crippen molar-refractivity contribution in [2.45, 2.75) is 6.92 Å². The lowest BCUT2D eigenvalue weighted by Crippen LogP contribution is -1.94. The Morgan fingerprint density at radius 3 is 2.72 bits per heavy atom. The van der Waals surface area contributed by atoms with Gasteiger partial charge in [-0.3, -0.25) is 0 Å². The molecule has 0 aliphatic heterocycles. The molecule has 0 amide bonds. The van der Waals surface area contributed by atoms with Crippen molar-refractivity contribution in [3.63, 3.8) is 0 Å². The van der Waals surface area contributed by atoms with Crippen LogP contribution in [0.15, 0.2) is 22.7 Å². The van der Waals surface area contributed by atoms with Gasteiger partial charge in [-0.05, 0) is 24.6 Å². The first-order valence-electron chi connectivity index (χ1n) is 5.07. The maximum absolute atomic E-state index is 13.8. The Kier molecular flexibility index (Phi) is 3.01. The van der Waals surface area contributed by atoms with Crippen molar-refractivity contribution in [2.75, 3.05) is 7.11 Å². The number of hydrogen-bond donors (Lipinski definition) is 1. The molecule has 0 unspecified atom stereocenters. The Morgan fingerprint density at radius 1 is 1.44 bits per heavy atom. The van der Waals surface area contributed by atoms with E-state index in [9.17, 15) is 9.18 Å². The largest absolute Gasteiger partial charge is 0.496 e. The molecule has 0 aliphatic rings. The Hall–Kier alpha value is -2.37. The van der Waals surface area contributed by atoms with E-state index >= 15 is 0 Å². The van der Waals surface area contributed by atoms with Crippen molar-refractivity contribution in [1.29, 1.82) is 0 Å². The van der Waals surface area contributed by atoms with Crippen molar-refractivity contribution in [2.24, 2.45) is 0 Å². The molecule has 5 nitrogen and oxygen atoms in total. The quantitative estimate of drug-likeness (QED) is 0.907. The number of carboxylic acids is 1. The fourth-order valence-corrected chi connectivity index (χ4v) is 1.56. The molecule has 0 saturated heterocycles. The van der Waals surface area contributed by atoms with Crippen molar-refractivity contribution in [1.82, 2.24) is 5.16 Å². The number of hydrogen-bond acceptors (Lipinski definition) is 4. The Labute approximate surface area is 102 Å². The summed E-state index contributed by atoms with van der Waals surface area (Å²) in [6, 6.07) is 3.89. The van der Waals surface area contributed by atoms with Gasteiger partial charge in [0.1, 0.15) is 11.6 Å². The monoisotopic (exact) mass is 251 g/mol. The zero-order chi connectivity index (χ0) is 13.3. The minimum Gasteiger partial charge on any atom is -0.496 e. The topological polar surface area (TPSA) is 72.6 Å². The second-order valence-corrected chi connectivity index (χ2v) is 3.68. The summed E-state index contributed by atoms with van der Waals surface area (Å²) < 4.78 is 23.6. The molecule has 6 heteroatoms. The highest BCUT2D eigenvalue weighted by Gasteiger charge is 2.17. The maximum Gasteiger partial charge on any atom is 0.358 e. The third-order valence-electron chi connectivity index (χ3n) is 2.48. The molecule has 0 radical (unpaired) electrons. The summed E-state index contributed by atoms with van der Waals surface area (Å²) in [6.07, 6.45) is 0. The number of aryl methyl sites for hydroxylation is 1. The van der Waals surface area contributed by atoms with Crippen LogP contribution in [0.25, 0.3) is 11.3 Å². The van der Waals surface area contributed by atoms with E-state index in [1.165, 1.54) is 19.2 Å². The van der Waals surface area contributed by atoms with Crippen LogP contribution in [0.3, 0.4) is 0 Å². The number of aromatic carboxylic acids is 1. The molecule has 0 saturated carbocycles. The van der Waals surface area contributed by atoms with Crippen molar-refractivity contribution in [3.05, 3.63) is 35.3 Å². The summed E-state index contributed by atoms with van der Waals surface area (Å²) >= 11 is 0. The molecule has 0 atom stereocenters. The van der Waals surface area contributed by atoms with Gasteiger partial charge in [0.2, 0.25) is 0 Å². The first kappa shape index (κ1) is 12.1. The van der Waals surface area contributed by atoms with Crippen LogP contribution < -0.4 is 4.74 Å². The minimum absolute atomic E-state index is 0.0446. The lowest BCUT2D eigenvalue weighted by atomic mass is 10.1. The standard InChI is InChI=1S/C12H10FNO4/c1-6-3-8(13)7(4-10(6)17-2)11-5-9(12(15)16)14-18-11/h3-5H,1-2H3,(H,15,16). The molecule has 2 rings (SSSR count). The van der Waals surface area contributed by atoms with Gasteiger partial charge in [-0.25, -0.2) is 9.18 Å². The summed E-state index contributed by atoms with van der Waals surface area (Å²) in [6.45, 7) is 1.70. The molecule has 2 aromatic rings. The highest BCUT2D eigenvalue weighted by atomic mass is 19.1. The zero-order valence-corrected chi connectivity index (χ0v) is 9.73. The molecule has 0 aliphatic carbocycles. The van der Waals surface area contributed by atoms with E-state index in [1.807, 2.05) is 0 Å². The van der Waals surface area contributed by atoms with Crippen LogP contribution in [0, 0.1) is 12.7 Å². The number of rotatable bonds is 3. The van der Waals surface area contributed by atoms with Gasteiger partial charge in [-0.2, -0.15) is 0 Å². The third kappa shape index (κ3) is 2.04. The highest BCUT2D eigenvalue weighted by molar-refractivity contribution is 5.86. The van der Waals surface area contributed by atoms with Crippen LogP contribution in [-0.4, -0.2) is 23.3 Å². The molecular weight excluding hydrogens is 241 g/mol. The molecule has 0 fully saturated rings. The van der Waals surface area contributed by atoms with E-state index in [2.05, 4.69) is 5.16 Å². The van der Waals surface area contributed by atoms with E-state index in [1.54, 1.807) is 6.92 Å². The summed E-state index contributed by atoms with van der Waals surface area (Å²) in [5.41, 5.74) is 0.470. The van der Waals surface area contributed by atoms with E-state index < -0.39 is 11.8 Å². The van der Waals surface area contributed by atoms with Crippen LogP contribution in [-0.2, 0) is 0 Å². The highest BCUT2D eigenvalue weighted by Crippen LogP contribution is 2.30. The van der Waals surface area contributed by atoms with Crippen LogP contribution >= 0.6 is 0 Å². The predicted octanol–water partition coefficient (Wildman–Crippen LogP) is 2.50. The Balaban J connectivity index is 2.52. The zero-order valence-electron chi connectivity index (χ0n) is 9.73. The van der Waals surface area contributed by atoms with E-state index in [0.717, 1.165) is 6.07 Å². The van der Waals surface area contributed by atoms with Gasteiger partial charge < -0.3 is 14.4 Å². The molecule has 18 heavy (non-hydrogen) atoms. The Morgan fingerprint density at radius 2 is 2.17 bits per heavy atom. The van der Waals surface area contributed by atoms with Gasteiger partial charge in [0.05, 0.1) is 12.7 Å². The lowest BCUT2D eigenvalue weighted by Gasteiger charge is -2.06. The third-order valence-corrected chi connectivity index (χ3v) is 2.48. The second-order valence-electron chi connectivity index (χ2n) is 3.68. The maximum atomic E-state index is 13.8. The second kappa shape index (κ2) is 4.48. The average molecular weight is 251 g/mol. The molecule has 94 valence electrons. The van der Waals surface area contributed by atoms with Gasteiger partial charge in [-0.1, -0.05) is 5.16 Å². The fraction of sp³-hybridized carbons (Fsp3) is 0.167. The van der Waals surface area contributed by atoms with Crippen LogP contribution in [0.1, 0.15) is 16.1 Å². The number of methoxy groups -OCH3 is 1. The normalized spacial score (nSPS) is 10.4. The predicted molar refractivity (Wildman–Crippen MR) is 60.1 cm³/mol. The van der Waals surface area contributed by atoms with E-state index in [4.69, 9.17) is 14.4 Å².